The third-order valence-corrected chi connectivity index (χ3v) is 3.55. The molecule has 0 N–H and O–H groups in total. The van der Waals surface area contributed by atoms with E-state index in [2.05, 4.69) is 0 Å². The van der Waals surface area contributed by atoms with Crippen LogP contribution in [0.3, 0.4) is 0 Å². The van der Waals surface area contributed by atoms with Crippen LogP contribution in [0.1, 0.15) is 18.9 Å². The second-order valence-electron chi connectivity index (χ2n) is 5.37. The summed E-state index contributed by atoms with van der Waals surface area (Å²) in [5.41, 5.74) is 0.665. The molecule has 25 heavy (non-hydrogen) atoms. The Labute approximate surface area is 145 Å². The molecule has 2 aromatic rings. The number of hydrogen-bond acceptors (Lipinski definition) is 3. The minimum absolute atomic E-state index is 0.0111. The minimum Gasteiger partial charge on any atom is -0.465 e. The largest absolute Gasteiger partial charge is 0.465 e. The molecule has 4 nitrogen and oxygen atoms in total. The molecule has 0 unspecified atom stereocenters. The number of aryl methyl sites for hydroxylation is 1. The van der Waals surface area contributed by atoms with Crippen molar-refractivity contribution >= 4 is 17.6 Å². The van der Waals surface area contributed by atoms with Gasteiger partial charge in [-0.15, -0.1) is 0 Å². The number of nitrogens with zero attached hydrogens (tertiary/aromatic N) is 1. The lowest BCUT2D eigenvalue weighted by atomic mass is 10.1. The van der Waals surface area contributed by atoms with Gasteiger partial charge >= 0.3 is 5.97 Å². The predicted molar refractivity (Wildman–Crippen MR) is 90.1 cm³/mol. The summed E-state index contributed by atoms with van der Waals surface area (Å²) in [6.07, 6.45) is 0.293. The molecule has 1 amide bonds. The van der Waals surface area contributed by atoms with Crippen LogP contribution in [0, 0.1) is 11.6 Å². The van der Waals surface area contributed by atoms with E-state index in [-0.39, 0.29) is 37.5 Å². The number of rotatable bonds is 7. The van der Waals surface area contributed by atoms with Gasteiger partial charge in [-0.2, -0.15) is 0 Å². The van der Waals surface area contributed by atoms with Crippen molar-refractivity contribution in [2.24, 2.45) is 0 Å². The van der Waals surface area contributed by atoms with E-state index < -0.39 is 17.7 Å². The van der Waals surface area contributed by atoms with Crippen molar-refractivity contribution < 1.29 is 23.1 Å². The molecule has 0 aliphatic rings. The monoisotopic (exact) mass is 347 g/mol. The van der Waals surface area contributed by atoms with Gasteiger partial charge in [0.2, 0.25) is 5.91 Å². The van der Waals surface area contributed by atoms with Crippen LogP contribution in [0.15, 0.2) is 48.5 Å². The zero-order valence-electron chi connectivity index (χ0n) is 13.9. The Bertz CT molecular complexity index is 749. The van der Waals surface area contributed by atoms with Crippen LogP contribution in [0.4, 0.5) is 14.5 Å². The van der Waals surface area contributed by atoms with Gasteiger partial charge in [-0.05, 0) is 43.2 Å². The molecule has 0 saturated heterocycles. The average Bonchev–Trinajstić information content (AvgIpc) is 2.59. The number of ether oxygens (including phenoxy) is 1. The van der Waals surface area contributed by atoms with E-state index in [1.165, 1.54) is 30.3 Å². The van der Waals surface area contributed by atoms with E-state index in [4.69, 9.17) is 4.74 Å². The first-order chi connectivity index (χ1) is 12.0. The van der Waals surface area contributed by atoms with Crippen LogP contribution in [-0.4, -0.2) is 25.0 Å². The van der Waals surface area contributed by atoms with E-state index in [9.17, 15) is 18.4 Å². The summed E-state index contributed by atoms with van der Waals surface area (Å²) in [5.74, 6) is -2.05. The second-order valence-corrected chi connectivity index (χ2v) is 5.37. The van der Waals surface area contributed by atoms with Gasteiger partial charge in [-0.25, -0.2) is 8.78 Å². The Morgan fingerprint density at radius 3 is 2.52 bits per heavy atom. The van der Waals surface area contributed by atoms with Crippen molar-refractivity contribution in [3.8, 4) is 0 Å². The zero-order chi connectivity index (χ0) is 18.2. The van der Waals surface area contributed by atoms with Crippen LogP contribution in [0.2, 0.25) is 0 Å². The number of amides is 1. The van der Waals surface area contributed by atoms with Crippen molar-refractivity contribution in [3.05, 3.63) is 65.7 Å². The maximum Gasteiger partial charge on any atom is 0.326 e. The molecule has 0 radical (unpaired) electrons. The van der Waals surface area contributed by atoms with E-state index in [0.29, 0.717) is 5.56 Å². The van der Waals surface area contributed by atoms with Crippen LogP contribution in [-0.2, 0) is 20.7 Å². The van der Waals surface area contributed by atoms with Gasteiger partial charge in [0.25, 0.3) is 0 Å². The number of hydrogen-bond donors (Lipinski definition) is 0. The molecule has 0 bridgehead atoms. The molecule has 132 valence electrons. The molecule has 0 saturated carbocycles. The molecule has 0 aliphatic heterocycles. The number of esters is 1. The fraction of sp³-hybridized carbons (Fsp3) is 0.263. The third-order valence-electron chi connectivity index (χ3n) is 3.55. The molecule has 6 heteroatoms. The lowest BCUT2D eigenvalue weighted by Gasteiger charge is -2.22. The standard InChI is InChI=1S/C19H19F2NO3/c1-2-25-19(24)13-22(17-9-4-3-8-16(17)21)18(23)11-10-14-6-5-7-15(20)12-14/h3-9,12H,2,10-11,13H2,1H3. The van der Waals surface area contributed by atoms with Gasteiger partial charge in [-0.3, -0.25) is 14.5 Å². The average molecular weight is 347 g/mol. The topological polar surface area (TPSA) is 46.6 Å². The van der Waals surface area contributed by atoms with Crippen molar-refractivity contribution in [2.45, 2.75) is 19.8 Å². The Hall–Kier alpha value is -2.76. The predicted octanol–water partition coefficient (Wildman–Crippen LogP) is 3.49. The normalized spacial score (nSPS) is 10.4. The van der Waals surface area contributed by atoms with Crippen LogP contribution in [0.25, 0.3) is 0 Å². The number of halogens is 2. The first-order valence-corrected chi connectivity index (χ1v) is 7.96. The van der Waals surface area contributed by atoms with Crippen molar-refractivity contribution in [1.29, 1.82) is 0 Å². The number of carbonyl (C=O) groups excluding carboxylic acids is 2. The Morgan fingerprint density at radius 2 is 1.84 bits per heavy atom. The smallest absolute Gasteiger partial charge is 0.326 e. The molecule has 0 aromatic heterocycles. The molecule has 0 atom stereocenters. The Kier molecular flexibility index (Phi) is 6.62. The van der Waals surface area contributed by atoms with E-state index in [1.807, 2.05) is 0 Å². The molecule has 0 aliphatic carbocycles. The molecular formula is C19H19F2NO3. The van der Waals surface area contributed by atoms with Crippen molar-refractivity contribution in [3.63, 3.8) is 0 Å². The second kappa shape index (κ2) is 8.92. The van der Waals surface area contributed by atoms with Gasteiger partial charge < -0.3 is 4.74 Å². The minimum atomic E-state index is -0.621. The highest BCUT2D eigenvalue weighted by Gasteiger charge is 2.22. The molecule has 0 spiro atoms. The Balaban J connectivity index is 2.14. The number of carbonyl (C=O) groups is 2. The quantitative estimate of drug-likeness (QED) is 0.720. The maximum atomic E-state index is 14.1. The Morgan fingerprint density at radius 1 is 1.08 bits per heavy atom. The van der Waals surface area contributed by atoms with Gasteiger partial charge in [-0.1, -0.05) is 24.3 Å². The van der Waals surface area contributed by atoms with Crippen molar-refractivity contribution in [1.82, 2.24) is 0 Å². The number of anilines is 1. The summed E-state index contributed by atoms with van der Waals surface area (Å²) in [4.78, 5) is 25.4. The summed E-state index contributed by atoms with van der Waals surface area (Å²) >= 11 is 0. The first-order valence-electron chi connectivity index (χ1n) is 7.96. The summed E-state index contributed by atoms with van der Waals surface area (Å²) in [7, 11) is 0. The number of benzene rings is 2. The highest BCUT2D eigenvalue weighted by Crippen LogP contribution is 2.20. The maximum absolute atomic E-state index is 14.1. The zero-order valence-corrected chi connectivity index (χ0v) is 13.9. The third kappa shape index (κ3) is 5.38. The van der Waals surface area contributed by atoms with Gasteiger partial charge in [0.1, 0.15) is 18.2 Å². The lowest BCUT2D eigenvalue weighted by molar-refractivity contribution is -0.142. The van der Waals surface area contributed by atoms with E-state index in [1.54, 1.807) is 25.1 Å². The number of para-hydroxylation sites is 1. The highest BCUT2D eigenvalue weighted by molar-refractivity contribution is 5.97. The fourth-order valence-corrected chi connectivity index (χ4v) is 2.39. The first kappa shape index (κ1) is 18.6. The summed E-state index contributed by atoms with van der Waals surface area (Å²) in [6, 6.07) is 11.6. The van der Waals surface area contributed by atoms with Gasteiger partial charge in [0.15, 0.2) is 0 Å². The molecule has 0 heterocycles. The molecule has 0 fully saturated rings. The molecule has 2 rings (SSSR count). The van der Waals surface area contributed by atoms with Crippen molar-refractivity contribution in [2.75, 3.05) is 18.1 Å². The fourth-order valence-electron chi connectivity index (χ4n) is 2.39. The van der Waals surface area contributed by atoms with Crippen LogP contribution < -0.4 is 4.90 Å². The summed E-state index contributed by atoms with van der Waals surface area (Å²) in [5, 5.41) is 0. The van der Waals surface area contributed by atoms with Gasteiger partial charge in [0.05, 0.1) is 12.3 Å². The molecular weight excluding hydrogens is 328 g/mol. The lowest BCUT2D eigenvalue weighted by Crippen LogP contribution is -2.37. The van der Waals surface area contributed by atoms with Crippen LogP contribution in [0.5, 0.6) is 0 Å². The van der Waals surface area contributed by atoms with E-state index in [0.717, 1.165) is 4.90 Å². The van der Waals surface area contributed by atoms with Crippen LogP contribution >= 0.6 is 0 Å². The summed E-state index contributed by atoms with van der Waals surface area (Å²) < 4.78 is 32.1. The highest BCUT2D eigenvalue weighted by atomic mass is 19.1. The molecule has 2 aromatic carbocycles. The SMILES string of the molecule is CCOC(=O)CN(C(=O)CCc1cccc(F)c1)c1ccccc1F. The van der Waals surface area contributed by atoms with Gasteiger partial charge in [0, 0.05) is 6.42 Å². The summed E-state index contributed by atoms with van der Waals surface area (Å²) in [6.45, 7) is 1.44. The van der Waals surface area contributed by atoms with E-state index >= 15 is 0 Å².